The van der Waals surface area contributed by atoms with Crippen LogP contribution in [0.1, 0.15) is 10.5 Å². The Morgan fingerprint density at radius 1 is 1.10 bits per heavy atom. The molecule has 4 nitrogen and oxygen atoms in total. The third-order valence-electron chi connectivity index (χ3n) is 2.95. The number of fused-ring (bicyclic) bond motifs is 1. The SMILES string of the molecule is O=C(O)c1nc(-c2ccc3ccccc3c2)ncc1Cl. The first-order valence-electron chi connectivity index (χ1n) is 5.90. The van der Waals surface area contributed by atoms with Crippen LogP contribution in [0.4, 0.5) is 0 Å². The van der Waals surface area contributed by atoms with Crippen molar-refractivity contribution >= 4 is 28.3 Å². The van der Waals surface area contributed by atoms with Crippen molar-refractivity contribution in [2.75, 3.05) is 0 Å². The van der Waals surface area contributed by atoms with E-state index in [0.717, 1.165) is 16.3 Å². The maximum Gasteiger partial charge on any atom is 0.356 e. The molecular weight excluding hydrogens is 276 g/mol. The van der Waals surface area contributed by atoms with Crippen LogP contribution in [0, 0.1) is 0 Å². The largest absolute Gasteiger partial charge is 0.476 e. The van der Waals surface area contributed by atoms with E-state index in [0.29, 0.717) is 5.82 Å². The van der Waals surface area contributed by atoms with Gasteiger partial charge in [0.05, 0.1) is 11.2 Å². The topological polar surface area (TPSA) is 63.1 Å². The summed E-state index contributed by atoms with van der Waals surface area (Å²) in [6.07, 6.45) is 1.31. The number of hydrogen-bond acceptors (Lipinski definition) is 3. The van der Waals surface area contributed by atoms with Gasteiger partial charge in [0.1, 0.15) is 0 Å². The molecule has 0 aliphatic carbocycles. The number of benzene rings is 2. The molecule has 0 saturated carbocycles. The van der Waals surface area contributed by atoms with Gasteiger partial charge in [0.2, 0.25) is 0 Å². The minimum Gasteiger partial charge on any atom is -0.476 e. The fraction of sp³-hybridized carbons (Fsp3) is 0. The van der Waals surface area contributed by atoms with Crippen LogP contribution in [0.15, 0.2) is 48.7 Å². The van der Waals surface area contributed by atoms with Gasteiger partial charge in [0.15, 0.2) is 11.5 Å². The lowest BCUT2D eigenvalue weighted by molar-refractivity contribution is 0.0690. The summed E-state index contributed by atoms with van der Waals surface area (Å²) in [5.41, 5.74) is 0.563. The molecule has 1 aromatic heterocycles. The van der Waals surface area contributed by atoms with Gasteiger partial charge in [-0.3, -0.25) is 0 Å². The van der Waals surface area contributed by atoms with Gasteiger partial charge in [-0.1, -0.05) is 48.0 Å². The Hall–Kier alpha value is -2.46. The summed E-state index contributed by atoms with van der Waals surface area (Å²) in [6, 6.07) is 13.6. The predicted octanol–water partition coefficient (Wildman–Crippen LogP) is 3.65. The minimum atomic E-state index is -1.17. The average Bonchev–Trinajstić information content (AvgIpc) is 2.47. The van der Waals surface area contributed by atoms with E-state index < -0.39 is 5.97 Å². The highest BCUT2D eigenvalue weighted by Crippen LogP contribution is 2.23. The third-order valence-corrected chi connectivity index (χ3v) is 3.23. The van der Waals surface area contributed by atoms with Crippen LogP contribution in [-0.4, -0.2) is 21.0 Å². The molecule has 0 atom stereocenters. The van der Waals surface area contributed by atoms with Crippen molar-refractivity contribution < 1.29 is 9.90 Å². The fourth-order valence-corrected chi connectivity index (χ4v) is 2.16. The number of rotatable bonds is 2. The maximum atomic E-state index is 11.0. The Bertz CT molecular complexity index is 818. The lowest BCUT2D eigenvalue weighted by Gasteiger charge is -2.04. The second-order valence-corrected chi connectivity index (χ2v) is 4.66. The van der Waals surface area contributed by atoms with E-state index in [-0.39, 0.29) is 10.7 Å². The Labute approximate surface area is 119 Å². The van der Waals surface area contributed by atoms with Crippen LogP contribution in [0.3, 0.4) is 0 Å². The fourth-order valence-electron chi connectivity index (χ4n) is 1.98. The first-order valence-corrected chi connectivity index (χ1v) is 6.28. The van der Waals surface area contributed by atoms with Crippen LogP contribution in [0.25, 0.3) is 22.2 Å². The lowest BCUT2D eigenvalue weighted by Crippen LogP contribution is -2.04. The molecule has 0 aliphatic heterocycles. The number of carbonyl (C=O) groups is 1. The quantitative estimate of drug-likeness (QED) is 0.780. The molecule has 98 valence electrons. The van der Waals surface area contributed by atoms with Gasteiger partial charge in [0.25, 0.3) is 0 Å². The number of aromatic carboxylic acids is 1. The van der Waals surface area contributed by atoms with Crippen molar-refractivity contribution in [3.63, 3.8) is 0 Å². The summed E-state index contributed by atoms with van der Waals surface area (Å²) in [5, 5.41) is 11.2. The summed E-state index contributed by atoms with van der Waals surface area (Å²) >= 11 is 5.77. The maximum absolute atomic E-state index is 11.0. The Balaban J connectivity index is 2.15. The van der Waals surface area contributed by atoms with Crippen molar-refractivity contribution in [1.82, 2.24) is 9.97 Å². The molecule has 2 aromatic carbocycles. The van der Waals surface area contributed by atoms with Crippen LogP contribution < -0.4 is 0 Å². The van der Waals surface area contributed by atoms with E-state index in [4.69, 9.17) is 16.7 Å². The first kappa shape index (κ1) is 12.6. The van der Waals surface area contributed by atoms with Gasteiger partial charge in [-0.05, 0) is 16.8 Å². The average molecular weight is 285 g/mol. The zero-order valence-electron chi connectivity index (χ0n) is 10.2. The molecule has 0 aliphatic rings. The molecule has 0 unspecified atom stereocenters. The zero-order valence-corrected chi connectivity index (χ0v) is 11.0. The number of hydrogen-bond donors (Lipinski definition) is 1. The molecule has 0 amide bonds. The van der Waals surface area contributed by atoms with Crippen LogP contribution in [0.5, 0.6) is 0 Å². The van der Waals surface area contributed by atoms with Crippen LogP contribution in [0.2, 0.25) is 5.02 Å². The summed E-state index contributed by atoms with van der Waals surface area (Å²) in [4.78, 5) is 19.1. The van der Waals surface area contributed by atoms with Gasteiger partial charge in [0, 0.05) is 5.56 Å². The molecule has 1 heterocycles. The van der Waals surface area contributed by atoms with E-state index >= 15 is 0 Å². The smallest absolute Gasteiger partial charge is 0.356 e. The highest BCUT2D eigenvalue weighted by Gasteiger charge is 2.13. The number of aromatic nitrogens is 2. The summed E-state index contributed by atoms with van der Waals surface area (Å²) in [6.45, 7) is 0. The normalized spacial score (nSPS) is 10.7. The second kappa shape index (κ2) is 4.90. The minimum absolute atomic E-state index is 0.0297. The van der Waals surface area contributed by atoms with E-state index in [9.17, 15) is 4.79 Å². The van der Waals surface area contributed by atoms with E-state index in [2.05, 4.69) is 9.97 Å². The Kier molecular flexibility index (Phi) is 3.08. The highest BCUT2D eigenvalue weighted by atomic mass is 35.5. The summed E-state index contributed by atoms with van der Waals surface area (Å²) in [5.74, 6) is -0.822. The van der Waals surface area contributed by atoms with E-state index in [1.165, 1.54) is 6.20 Å². The van der Waals surface area contributed by atoms with Crippen molar-refractivity contribution in [1.29, 1.82) is 0 Å². The molecular formula is C15H9ClN2O2. The number of carboxylic acid groups (broad SMARTS) is 1. The molecule has 0 bridgehead atoms. The van der Waals surface area contributed by atoms with Crippen molar-refractivity contribution in [2.45, 2.75) is 0 Å². The zero-order chi connectivity index (χ0) is 14.1. The standard InChI is InChI=1S/C15H9ClN2O2/c16-12-8-17-14(18-13(12)15(19)20)11-6-5-9-3-1-2-4-10(9)7-11/h1-8H,(H,19,20). The number of nitrogens with zero attached hydrogens (tertiary/aromatic N) is 2. The lowest BCUT2D eigenvalue weighted by atomic mass is 10.1. The molecule has 0 saturated heterocycles. The molecule has 0 radical (unpaired) electrons. The van der Waals surface area contributed by atoms with E-state index in [1.807, 2.05) is 42.5 Å². The summed E-state index contributed by atoms with van der Waals surface area (Å²) < 4.78 is 0. The Morgan fingerprint density at radius 2 is 1.85 bits per heavy atom. The first-order chi connectivity index (χ1) is 9.65. The van der Waals surface area contributed by atoms with Crippen molar-refractivity contribution in [3.8, 4) is 11.4 Å². The molecule has 3 aromatic rings. The van der Waals surface area contributed by atoms with Gasteiger partial charge < -0.3 is 5.11 Å². The molecule has 0 fully saturated rings. The van der Waals surface area contributed by atoms with Gasteiger partial charge in [-0.25, -0.2) is 14.8 Å². The third kappa shape index (κ3) is 2.21. The highest BCUT2D eigenvalue weighted by molar-refractivity contribution is 6.33. The summed E-state index contributed by atoms with van der Waals surface area (Å²) in [7, 11) is 0. The predicted molar refractivity (Wildman–Crippen MR) is 76.9 cm³/mol. The van der Waals surface area contributed by atoms with Crippen molar-refractivity contribution in [2.24, 2.45) is 0 Å². The molecule has 20 heavy (non-hydrogen) atoms. The van der Waals surface area contributed by atoms with Gasteiger partial charge in [-0.15, -0.1) is 0 Å². The molecule has 1 N–H and O–H groups in total. The molecule has 5 heteroatoms. The molecule has 0 spiro atoms. The number of halogens is 1. The monoisotopic (exact) mass is 284 g/mol. The molecule has 3 rings (SSSR count). The van der Waals surface area contributed by atoms with Crippen LogP contribution >= 0.6 is 11.6 Å². The Morgan fingerprint density at radius 3 is 2.60 bits per heavy atom. The van der Waals surface area contributed by atoms with E-state index in [1.54, 1.807) is 0 Å². The second-order valence-electron chi connectivity index (χ2n) is 4.26. The van der Waals surface area contributed by atoms with Gasteiger partial charge >= 0.3 is 5.97 Å². The number of carboxylic acids is 1. The van der Waals surface area contributed by atoms with Crippen molar-refractivity contribution in [3.05, 3.63) is 59.4 Å². The van der Waals surface area contributed by atoms with Gasteiger partial charge in [-0.2, -0.15) is 0 Å². The van der Waals surface area contributed by atoms with Crippen LogP contribution in [-0.2, 0) is 0 Å².